The van der Waals surface area contributed by atoms with Crippen molar-refractivity contribution in [1.82, 2.24) is 9.97 Å². The van der Waals surface area contributed by atoms with Crippen molar-refractivity contribution < 1.29 is 28.0 Å². The van der Waals surface area contributed by atoms with Gasteiger partial charge in [-0.3, -0.25) is 23.6 Å². The van der Waals surface area contributed by atoms with Crippen molar-refractivity contribution >= 4 is 31.1 Å². The van der Waals surface area contributed by atoms with E-state index in [9.17, 15) is 19.0 Å². The van der Waals surface area contributed by atoms with Crippen LogP contribution in [0.3, 0.4) is 0 Å². The van der Waals surface area contributed by atoms with E-state index in [0.29, 0.717) is 0 Å². The predicted molar refractivity (Wildman–Crippen MR) is 74.6 cm³/mol. The largest absolute Gasteiger partial charge is 0.473 e. The fourth-order valence-electron chi connectivity index (χ4n) is 2.72. The van der Waals surface area contributed by atoms with Gasteiger partial charge in [0.2, 0.25) is 5.95 Å². The Kier molecular flexibility index (Phi) is 3.02. The fraction of sp³-hybridized carbons (Fsp3) is 0.500. The summed E-state index contributed by atoms with van der Waals surface area (Å²) < 4.78 is 26.5. The highest BCUT2D eigenvalue weighted by molar-refractivity contribution is 7.47. The number of ketones is 1. The number of fused-ring (bicyclic) bond motifs is 3. The Morgan fingerprint density at radius 3 is 2.91 bits per heavy atom. The molecular formula is C10H12N5O7P. The van der Waals surface area contributed by atoms with Crippen LogP contribution in [0.2, 0.25) is 0 Å². The van der Waals surface area contributed by atoms with E-state index in [2.05, 4.69) is 25.1 Å². The lowest BCUT2D eigenvalue weighted by molar-refractivity contribution is -0.169. The molecule has 13 heteroatoms. The molecule has 0 aliphatic carbocycles. The fourth-order valence-corrected chi connectivity index (χ4v) is 3.64. The van der Waals surface area contributed by atoms with Gasteiger partial charge in [0.05, 0.1) is 6.61 Å². The number of Topliss-reactive ketones (excluding diaryl/α,β-unsaturated/α-hetero) is 1. The Hall–Kier alpha value is -1.98. The molecule has 0 amide bonds. The zero-order valence-corrected chi connectivity index (χ0v) is 12.3. The number of H-pyrrole nitrogens is 1. The first kappa shape index (κ1) is 14.6. The third-order valence-electron chi connectivity index (χ3n) is 3.71. The van der Waals surface area contributed by atoms with E-state index in [-0.39, 0.29) is 24.1 Å². The molecule has 2 fully saturated rings. The number of nitrogens with one attached hydrogen (secondary N) is 3. The smallest absolute Gasteiger partial charge is 0.369 e. The van der Waals surface area contributed by atoms with Gasteiger partial charge in [-0.15, -0.1) is 0 Å². The number of nitrogens with two attached hydrogens (primary N) is 1. The summed E-state index contributed by atoms with van der Waals surface area (Å²) in [5.41, 5.74) is 4.94. The number of anilines is 3. The lowest BCUT2D eigenvalue weighted by atomic mass is 9.96. The van der Waals surface area contributed by atoms with Crippen LogP contribution in [-0.4, -0.2) is 51.7 Å². The number of phosphoric ester groups is 1. The van der Waals surface area contributed by atoms with E-state index >= 15 is 0 Å². The number of hydrogen-bond donors (Lipinski definition) is 5. The molecule has 0 bridgehead atoms. The molecule has 12 nitrogen and oxygen atoms in total. The summed E-state index contributed by atoms with van der Waals surface area (Å²) in [6.07, 6.45) is -2.97. The summed E-state index contributed by atoms with van der Waals surface area (Å²) >= 11 is 0. The molecule has 4 rings (SSSR count). The second-order valence-corrected chi connectivity index (χ2v) is 6.64. The van der Waals surface area contributed by atoms with Crippen LogP contribution in [0, 0.1) is 0 Å². The van der Waals surface area contributed by atoms with Crippen LogP contribution >= 0.6 is 7.82 Å². The Balaban J connectivity index is 1.68. The van der Waals surface area contributed by atoms with Crippen molar-refractivity contribution in [2.45, 2.75) is 24.5 Å². The Morgan fingerprint density at radius 2 is 2.13 bits per heavy atom. The normalized spacial score (nSPS) is 38.6. The van der Waals surface area contributed by atoms with Gasteiger partial charge in [0.1, 0.15) is 17.8 Å². The first-order valence-electron chi connectivity index (χ1n) is 6.62. The van der Waals surface area contributed by atoms with Crippen LogP contribution in [0.25, 0.3) is 0 Å². The number of nitrogen functional groups attached to an aromatic ring is 1. The lowest BCUT2D eigenvalue weighted by Gasteiger charge is -2.44. The summed E-state index contributed by atoms with van der Waals surface area (Å²) in [5, 5.41) is 5.52. The molecule has 5 atom stereocenters. The van der Waals surface area contributed by atoms with Crippen LogP contribution in [0.1, 0.15) is 0 Å². The maximum atomic E-state index is 12.5. The minimum Gasteiger partial charge on any atom is -0.369 e. The molecule has 23 heavy (non-hydrogen) atoms. The van der Waals surface area contributed by atoms with Gasteiger partial charge in [0.15, 0.2) is 23.9 Å². The zero-order valence-electron chi connectivity index (χ0n) is 11.4. The first-order chi connectivity index (χ1) is 10.8. The number of aromatic nitrogens is 2. The first-order valence-corrected chi connectivity index (χ1v) is 8.11. The summed E-state index contributed by atoms with van der Waals surface area (Å²) in [4.78, 5) is 40.0. The van der Waals surface area contributed by atoms with Gasteiger partial charge in [0.25, 0.3) is 5.56 Å². The number of rotatable bonds is 0. The van der Waals surface area contributed by atoms with Crippen LogP contribution in [0.4, 0.5) is 17.5 Å². The van der Waals surface area contributed by atoms with Crippen molar-refractivity contribution in [3.63, 3.8) is 0 Å². The molecule has 0 radical (unpaired) electrons. The van der Waals surface area contributed by atoms with Gasteiger partial charge < -0.3 is 26.0 Å². The molecule has 1 aromatic heterocycles. The highest BCUT2D eigenvalue weighted by atomic mass is 31.2. The van der Waals surface area contributed by atoms with Crippen LogP contribution < -0.4 is 21.9 Å². The molecule has 3 aliphatic heterocycles. The van der Waals surface area contributed by atoms with Crippen LogP contribution in [0.15, 0.2) is 4.79 Å². The molecule has 0 spiro atoms. The van der Waals surface area contributed by atoms with E-state index in [1.165, 1.54) is 0 Å². The van der Waals surface area contributed by atoms with Crippen molar-refractivity contribution in [3.8, 4) is 0 Å². The summed E-state index contributed by atoms with van der Waals surface area (Å²) in [6, 6.07) is -0.992. The maximum Gasteiger partial charge on any atom is 0.473 e. The SMILES string of the molecule is Nc1nc2c(c(=O)[nH]1)N[C@H]1C(=O)[C@H]3OP(=O)(O)OC[C@H]3O[C@H]1N2. The molecule has 4 heterocycles. The van der Waals surface area contributed by atoms with E-state index in [0.717, 1.165) is 0 Å². The second-order valence-electron chi connectivity index (χ2n) is 5.23. The molecule has 1 aromatic rings. The van der Waals surface area contributed by atoms with Gasteiger partial charge in [-0.25, -0.2) is 4.57 Å². The molecular weight excluding hydrogens is 333 g/mol. The summed E-state index contributed by atoms with van der Waals surface area (Å²) in [7, 11) is -4.29. The van der Waals surface area contributed by atoms with Gasteiger partial charge in [-0.1, -0.05) is 0 Å². The van der Waals surface area contributed by atoms with Gasteiger partial charge >= 0.3 is 7.82 Å². The number of ether oxygens (including phenoxy) is 1. The standard InChI is InChI=1S/C10H12N5O7P/c11-10-14-7-4(8(17)15-10)12-3-5(16)6-2(21-9(3)13-7)1-20-23(18,19)22-6/h2-3,6,9,12H,1H2,(H,18,19)(H4,11,13,14,15,17)/t2-,3+,6+,9-/m1/s1. The molecule has 0 aromatic carbocycles. The molecule has 2 saturated heterocycles. The van der Waals surface area contributed by atoms with Crippen molar-refractivity contribution in [3.05, 3.63) is 10.4 Å². The van der Waals surface area contributed by atoms with Crippen molar-refractivity contribution in [2.24, 2.45) is 0 Å². The van der Waals surface area contributed by atoms with Gasteiger partial charge in [0, 0.05) is 0 Å². The number of carbonyl (C=O) groups excluding carboxylic acids is 1. The topological polar surface area (TPSA) is 178 Å². The number of hydrogen-bond acceptors (Lipinski definition) is 10. The lowest BCUT2D eigenvalue weighted by Crippen LogP contribution is -2.64. The monoisotopic (exact) mass is 345 g/mol. The Labute approximate surface area is 127 Å². The maximum absolute atomic E-state index is 12.5. The Bertz CT molecular complexity index is 796. The molecule has 124 valence electrons. The van der Waals surface area contributed by atoms with Crippen LogP contribution in [-0.2, 0) is 23.1 Å². The molecule has 1 unspecified atom stereocenters. The van der Waals surface area contributed by atoms with Crippen LogP contribution in [0.5, 0.6) is 0 Å². The highest BCUT2D eigenvalue weighted by Gasteiger charge is 2.53. The van der Waals surface area contributed by atoms with E-state index in [1.54, 1.807) is 0 Å². The molecule has 6 N–H and O–H groups in total. The van der Waals surface area contributed by atoms with E-state index in [1.807, 2.05) is 0 Å². The zero-order chi connectivity index (χ0) is 16.4. The van der Waals surface area contributed by atoms with Crippen molar-refractivity contribution in [1.29, 1.82) is 0 Å². The third-order valence-corrected chi connectivity index (χ3v) is 4.68. The minimum atomic E-state index is -4.29. The summed E-state index contributed by atoms with van der Waals surface area (Å²) in [5.74, 6) is -0.477. The number of carbonyl (C=O) groups is 1. The minimum absolute atomic E-state index is 0.0232. The Morgan fingerprint density at radius 1 is 1.35 bits per heavy atom. The van der Waals surface area contributed by atoms with Gasteiger partial charge in [-0.05, 0) is 0 Å². The number of phosphoric acid groups is 1. The van der Waals surface area contributed by atoms with E-state index < -0.39 is 43.6 Å². The molecule has 3 aliphatic rings. The average molecular weight is 345 g/mol. The summed E-state index contributed by atoms with van der Waals surface area (Å²) in [6.45, 7) is -0.271. The average Bonchev–Trinajstić information content (AvgIpc) is 2.46. The highest BCUT2D eigenvalue weighted by Crippen LogP contribution is 2.50. The second kappa shape index (κ2) is 4.76. The quantitative estimate of drug-likeness (QED) is 0.341. The number of aromatic amines is 1. The van der Waals surface area contributed by atoms with Gasteiger partial charge in [-0.2, -0.15) is 4.98 Å². The van der Waals surface area contributed by atoms with E-state index in [4.69, 9.17) is 15.0 Å². The predicted octanol–water partition coefficient (Wildman–Crippen LogP) is -1.63. The third kappa shape index (κ3) is 2.31. The molecule has 0 saturated carbocycles. The number of nitrogens with zero attached hydrogens (tertiary/aromatic N) is 1. The van der Waals surface area contributed by atoms with Crippen molar-refractivity contribution in [2.75, 3.05) is 23.0 Å².